The standard InChI is InChI=1S/C24H29N3O2.CH2O2/c1-28-22-15-19-21(16-23(22)29-14-6-13-27-11-4-5-12-27)26-20-8-3-2-7-18(20)24(19)25-17-9-10-17;2-1-3/h2-3,7-8,15-17H,4-6,9-14H2,1H3,(H,25,26);1H,(H,2,3). The highest BCUT2D eigenvalue weighted by molar-refractivity contribution is 6.08. The number of hydrogen-bond donors (Lipinski definition) is 2. The van der Waals surface area contributed by atoms with E-state index in [4.69, 9.17) is 24.4 Å². The molecule has 2 N–H and O–H groups in total. The molecule has 1 saturated carbocycles. The van der Waals surface area contributed by atoms with Gasteiger partial charge < -0.3 is 24.8 Å². The van der Waals surface area contributed by atoms with Gasteiger partial charge in [-0.25, -0.2) is 4.98 Å². The molecule has 1 aliphatic carbocycles. The minimum Gasteiger partial charge on any atom is -0.493 e. The zero-order chi connectivity index (χ0) is 22.3. The minimum atomic E-state index is -0.250. The monoisotopic (exact) mass is 437 g/mol. The smallest absolute Gasteiger partial charge is 0.290 e. The van der Waals surface area contributed by atoms with Crippen LogP contribution in [0.15, 0.2) is 36.4 Å². The Morgan fingerprint density at radius 1 is 1.12 bits per heavy atom. The zero-order valence-electron chi connectivity index (χ0n) is 18.5. The summed E-state index contributed by atoms with van der Waals surface area (Å²) in [7, 11) is 1.71. The van der Waals surface area contributed by atoms with E-state index in [1.54, 1.807) is 7.11 Å². The molecule has 0 radical (unpaired) electrons. The SMILES string of the molecule is COc1cc2c(NC3CC3)c3ccccc3nc2cc1OCCCN1CCCC1.O=CO. The van der Waals surface area contributed by atoms with Crippen LogP contribution in [0.25, 0.3) is 21.8 Å². The van der Waals surface area contributed by atoms with E-state index in [0.717, 1.165) is 52.0 Å². The number of pyridine rings is 1. The highest BCUT2D eigenvalue weighted by Crippen LogP contribution is 2.40. The second-order valence-corrected chi connectivity index (χ2v) is 8.30. The molecule has 7 nitrogen and oxygen atoms in total. The molecule has 0 bridgehead atoms. The fourth-order valence-electron chi connectivity index (χ4n) is 4.24. The maximum absolute atomic E-state index is 8.36. The van der Waals surface area contributed by atoms with E-state index in [2.05, 4.69) is 34.5 Å². The number of likely N-dealkylation sites (tertiary alicyclic amines) is 1. The van der Waals surface area contributed by atoms with Gasteiger partial charge in [-0.15, -0.1) is 0 Å². The van der Waals surface area contributed by atoms with Crippen molar-refractivity contribution in [3.63, 3.8) is 0 Å². The van der Waals surface area contributed by atoms with Crippen LogP contribution in [0.3, 0.4) is 0 Å². The van der Waals surface area contributed by atoms with Crippen LogP contribution in [-0.4, -0.2) is 60.9 Å². The first-order valence-corrected chi connectivity index (χ1v) is 11.3. The van der Waals surface area contributed by atoms with Crippen LogP contribution < -0.4 is 14.8 Å². The van der Waals surface area contributed by atoms with E-state index in [1.807, 2.05) is 12.1 Å². The van der Waals surface area contributed by atoms with E-state index in [9.17, 15) is 0 Å². The molecule has 2 aliphatic rings. The lowest BCUT2D eigenvalue weighted by molar-refractivity contribution is -0.122. The van der Waals surface area contributed by atoms with E-state index in [-0.39, 0.29) is 6.47 Å². The van der Waals surface area contributed by atoms with Crippen molar-refractivity contribution >= 4 is 34.0 Å². The molecule has 1 aliphatic heterocycles. The van der Waals surface area contributed by atoms with Crippen LogP contribution in [0, 0.1) is 0 Å². The Bertz CT molecular complexity index is 1060. The van der Waals surface area contributed by atoms with Crippen molar-refractivity contribution in [2.24, 2.45) is 0 Å². The Kier molecular flexibility index (Phi) is 7.27. The van der Waals surface area contributed by atoms with Crippen molar-refractivity contribution in [3.8, 4) is 11.5 Å². The lowest BCUT2D eigenvalue weighted by Gasteiger charge is -2.17. The van der Waals surface area contributed by atoms with Crippen LogP contribution in [0.5, 0.6) is 11.5 Å². The molecule has 7 heteroatoms. The van der Waals surface area contributed by atoms with Crippen LogP contribution in [0.4, 0.5) is 5.69 Å². The number of ether oxygens (including phenoxy) is 2. The van der Waals surface area contributed by atoms with Gasteiger partial charge in [0.25, 0.3) is 6.47 Å². The number of fused-ring (bicyclic) bond motifs is 2. The molecule has 0 spiro atoms. The molecule has 2 aromatic carbocycles. The quantitative estimate of drug-likeness (QED) is 0.304. The lowest BCUT2D eigenvalue weighted by atomic mass is 10.1. The third-order valence-electron chi connectivity index (χ3n) is 5.97. The molecule has 0 unspecified atom stereocenters. The van der Waals surface area contributed by atoms with Crippen molar-refractivity contribution in [2.45, 2.75) is 38.1 Å². The maximum atomic E-state index is 8.36. The average Bonchev–Trinajstić information content (AvgIpc) is 3.48. The maximum Gasteiger partial charge on any atom is 0.290 e. The van der Waals surface area contributed by atoms with Crippen LogP contribution in [-0.2, 0) is 4.79 Å². The van der Waals surface area contributed by atoms with Gasteiger partial charge in [0.1, 0.15) is 0 Å². The predicted octanol–water partition coefficient (Wildman–Crippen LogP) is 4.54. The molecule has 0 atom stereocenters. The summed E-state index contributed by atoms with van der Waals surface area (Å²) in [5, 5.41) is 12.9. The normalized spacial score (nSPS) is 15.9. The number of carbonyl (C=O) groups is 1. The first-order chi connectivity index (χ1) is 15.7. The number of benzene rings is 2. The molecule has 32 heavy (non-hydrogen) atoms. The highest BCUT2D eigenvalue weighted by atomic mass is 16.5. The van der Waals surface area contributed by atoms with Crippen LogP contribution in [0.1, 0.15) is 32.1 Å². The zero-order valence-corrected chi connectivity index (χ0v) is 18.5. The van der Waals surface area contributed by atoms with Crippen molar-refractivity contribution in [3.05, 3.63) is 36.4 Å². The highest BCUT2D eigenvalue weighted by Gasteiger charge is 2.23. The summed E-state index contributed by atoms with van der Waals surface area (Å²) >= 11 is 0. The average molecular weight is 438 g/mol. The molecule has 1 aromatic heterocycles. The summed E-state index contributed by atoms with van der Waals surface area (Å²) in [6, 6.07) is 13.0. The fraction of sp³-hybridized carbons (Fsp3) is 0.440. The first kappa shape index (κ1) is 22.1. The van der Waals surface area contributed by atoms with Crippen molar-refractivity contribution in [1.29, 1.82) is 0 Å². The van der Waals surface area contributed by atoms with Gasteiger partial charge in [0.15, 0.2) is 11.5 Å². The molecule has 2 heterocycles. The Labute approximate surface area is 188 Å². The number of para-hydroxylation sites is 1. The van der Waals surface area contributed by atoms with Gasteiger partial charge in [-0.2, -0.15) is 0 Å². The molecule has 5 rings (SSSR count). The number of methoxy groups -OCH3 is 1. The molecule has 2 fully saturated rings. The van der Waals surface area contributed by atoms with Gasteiger partial charge in [0, 0.05) is 29.4 Å². The Morgan fingerprint density at radius 3 is 2.59 bits per heavy atom. The van der Waals surface area contributed by atoms with Gasteiger partial charge in [-0.1, -0.05) is 18.2 Å². The molecule has 1 saturated heterocycles. The molecule has 0 amide bonds. The Morgan fingerprint density at radius 2 is 1.88 bits per heavy atom. The number of anilines is 1. The van der Waals surface area contributed by atoms with Gasteiger partial charge in [0.05, 0.1) is 30.4 Å². The van der Waals surface area contributed by atoms with E-state index >= 15 is 0 Å². The predicted molar refractivity (Wildman–Crippen MR) is 127 cm³/mol. The topological polar surface area (TPSA) is 83.9 Å². The van der Waals surface area contributed by atoms with E-state index in [0.29, 0.717) is 12.6 Å². The number of rotatable bonds is 8. The van der Waals surface area contributed by atoms with Gasteiger partial charge in [0.2, 0.25) is 0 Å². The van der Waals surface area contributed by atoms with Crippen LogP contribution in [0.2, 0.25) is 0 Å². The second kappa shape index (κ2) is 10.5. The van der Waals surface area contributed by atoms with Gasteiger partial charge in [-0.3, -0.25) is 4.79 Å². The van der Waals surface area contributed by atoms with Crippen molar-refractivity contribution in [1.82, 2.24) is 9.88 Å². The third kappa shape index (κ3) is 5.22. The van der Waals surface area contributed by atoms with Crippen LogP contribution >= 0.6 is 0 Å². The largest absolute Gasteiger partial charge is 0.493 e. The van der Waals surface area contributed by atoms with Gasteiger partial charge in [-0.05, 0) is 57.3 Å². The molecular weight excluding hydrogens is 406 g/mol. The summed E-state index contributed by atoms with van der Waals surface area (Å²) in [5.41, 5.74) is 3.11. The summed E-state index contributed by atoms with van der Waals surface area (Å²) < 4.78 is 11.8. The van der Waals surface area contributed by atoms with Gasteiger partial charge >= 0.3 is 0 Å². The Hall–Kier alpha value is -3.06. The number of nitrogens with one attached hydrogen (secondary N) is 1. The molecular formula is C25H31N3O4. The minimum absolute atomic E-state index is 0.250. The number of hydrogen-bond acceptors (Lipinski definition) is 6. The summed E-state index contributed by atoms with van der Waals surface area (Å²) in [6.07, 6.45) is 6.15. The Balaban J connectivity index is 0.000000775. The number of carboxylic acid groups (broad SMARTS) is 1. The summed E-state index contributed by atoms with van der Waals surface area (Å²) in [4.78, 5) is 15.8. The summed E-state index contributed by atoms with van der Waals surface area (Å²) in [6.45, 7) is 4.01. The molecule has 170 valence electrons. The third-order valence-corrected chi connectivity index (χ3v) is 5.97. The second-order valence-electron chi connectivity index (χ2n) is 8.30. The summed E-state index contributed by atoms with van der Waals surface area (Å²) in [5.74, 6) is 1.55. The van der Waals surface area contributed by atoms with E-state index < -0.39 is 0 Å². The molecule has 3 aromatic rings. The van der Waals surface area contributed by atoms with E-state index in [1.165, 1.54) is 38.8 Å². The number of nitrogens with zero attached hydrogens (tertiary/aromatic N) is 2. The number of aromatic nitrogens is 1. The first-order valence-electron chi connectivity index (χ1n) is 11.3. The van der Waals surface area contributed by atoms with Crippen molar-refractivity contribution < 1.29 is 19.4 Å². The van der Waals surface area contributed by atoms with Crippen molar-refractivity contribution in [2.75, 3.05) is 38.7 Å². The fourth-order valence-corrected chi connectivity index (χ4v) is 4.24. The lowest BCUT2D eigenvalue weighted by Crippen LogP contribution is -2.21.